The zero-order valence-corrected chi connectivity index (χ0v) is 14.7. The highest BCUT2D eigenvalue weighted by atomic mass is 32.1. The number of carbonyl (C=O) groups excluding carboxylic acids is 1. The Hall–Kier alpha value is -1.61. The van der Waals surface area contributed by atoms with Crippen LogP contribution in [0.15, 0.2) is 23.6 Å². The SMILES string of the molecule is Cc1ccc2c(c1)CCCN2C(=O)c1csc2c1CCC(C)C2. The Labute approximate surface area is 142 Å². The summed E-state index contributed by atoms with van der Waals surface area (Å²) in [5.41, 5.74) is 6.01. The van der Waals surface area contributed by atoms with Crippen molar-refractivity contribution in [2.24, 2.45) is 5.92 Å². The first-order valence-electron chi connectivity index (χ1n) is 8.64. The van der Waals surface area contributed by atoms with Gasteiger partial charge in [-0.05, 0) is 62.1 Å². The fraction of sp³-hybridized carbons (Fsp3) is 0.450. The molecule has 0 bridgehead atoms. The van der Waals surface area contributed by atoms with Crippen LogP contribution < -0.4 is 4.90 Å². The van der Waals surface area contributed by atoms with Crippen LogP contribution in [0, 0.1) is 12.8 Å². The molecule has 0 spiro atoms. The Morgan fingerprint density at radius 2 is 2.17 bits per heavy atom. The maximum Gasteiger partial charge on any atom is 0.259 e. The molecule has 2 aliphatic rings. The van der Waals surface area contributed by atoms with Crippen molar-refractivity contribution >= 4 is 22.9 Å². The lowest BCUT2D eigenvalue weighted by atomic mass is 9.88. The molecular weight excluding hydrogens is 302 g/mol. The average Bonchev–Trinajstić information content (AvgIpc) is 2.96. The molecule has 1 unspecified atom stereocenters. The molecule has 2 aromatic rings. The molecule has 1 atom stereocenters. The smallest absolute Gasteiger partial charge is 0.259 e. The van der Waals surface area contributed by atoms with E-state index in [-0.39, 0.29) is 5.91 Å². The molecule has 1 aliphatic heterocycles. The first-order chi connectivity index (χ1) is 11.1. The van der Waals surface area contributed by atoms with Crippen LogP contribution >= 0.6 is 11.3 Å². The van der Waals surface area contributed by atoms with Gasteiger partial charge in [0.15, 0.2) is 0 Å². The van der Waals surface area contributed by atoms with Crippen LogP contribution in [-0.4, -0.2) is 12.5 Å². The van der Waals surface area contributed by atoms with Gasteiger partial charge in [0.05, 0.1) is 5.56 Å². The summed E-state index contributed by atoms with van der Waals surface area (Å²) in [6, 6.07) is 6.48. The minimum absolute atomic E-state index is 0.210. The van der Waals surface area contributed by atoms with Gasteiger partial charge in [0.1, 0.15) is 0 Å². The summed E-state index contributed by atoms with van der Waals surface area (Å²) >= 11 is 1.78. The van der Waals surface area contributed by atoms with E-state index in [2.05, 4.69) is 37.4 Å². The summed E-state index contributed by atoms with van der Waals surface area (Å²) in [7, 11) is 0. The number of carbonyl (C=O) groups is 1. The summed E-state index contributed by atoms with van der Waals surface area (Å²) in [5.74, 6) is 0.963. The lowest BCUT2D eigenvalue weighted by Gasteiger charge is -2.30. The van der Waals surface area contributed by atoms with Crippen molar-refractivity contribution in [2.45, 2.75) is 46.0 Å². The van der Waals surface area contributed by atoms with Gasteiger partial charge < -0.3 is 4.90 Å². The summed E-state index contributed by atoms with van der Waals surface area (Å²) in [6.45, 7) is 5.28. The Bertz CT molecular complexity index is 761. The standard InChI is InChI=1S/C20H23NOS/c1-13-6-8-18-15(10-13)4-3-9-21(18)20(22)17-12-23-19-11-14(2)5-7-16(17)19/h6,8,10,12,14H,3-5,7,9,11H2,1-2H3. The Balaban J connectivity index is 1.69. The first-order valence-corrected chi connectivity index (χ1v) is 9.52. The van der Waals surface area contributed by atoms with E-state index in [9.17, 15) is 4.79 Å². The van der Waals surface area contributed by atoms with Crippen LogP contribution in [0.2, 0.25) is 0 Å². The number of hydrogen-bond donors (Lipinski definition) is 0. The van der Waals surface area contributed by atoms with Crippen molar-refractivity contribution in [1.82, 2.24) is 0 Å². The predicted molar refractivity (Wildman–Crippen MR) is 96.7 cm³/mol. The molecular formula is C20H23NOS. The number of fused-ring (bicyclic) bond motifs is 2. The van der Waals surface area contributed by atoms with E-state index in [0.29, 0.717) is 0 Å². The second-order valence-electron chi connectivity index (χ2n) is 7.09. The van der Waals surface area contributed by atoms with Gasteiger partial charge in [0.25, 0.3) is 5.91 Å². The third-order valence-corrected chi connectivity index (χ3v) is 6.28. The normalized spacial score (nSPS) is 20.1. The van der Waals surface area contributed by atoms with Gasteiger partial charge in [-0.2, -0.15) is 0 Å². The Morgan fingerprint density at radius 1 is 1.30 bits per heavy atom. The third kappa shape index (κ3) is 2.61. The lowest BCUT2D eigenvalue weighted by molar-refractivity contribution is 0.0984. The minimum atomic E-state index is 0.210. The van der Waals surface area contributed by atoms with Gasteiger partial charge in [-0.3, -0.25) is 4.79 Å². The van der Waals surface area contributed by atoms with E-state index in [1.54, 1.807) is 11.3 Å². The van der Waals surface area contributed by atoms with E-state index >= 15 is 0 Å². The number of rotatable bonds is 1. The fourth-order valence-corrected chi connectivity index (χ4v) is 5.18. The molecule has 4 rings (SSSR count). The number of amides is 1. The van der Waals surface area contributed by atoms with Crippen LogP contribution in [0.4, 0.5) is 5.69 Å². The van der Waals surface area contributed by atoms with Crippen LogP contribution in [0.3, 0.4) is 0 Å². The average molecular weight is 325 g/mol. The molecule has 2 nitrogen and oxygen atoms in total. The van der Waals surface area contributed by atoms with Gasteiger partial charge in [0.2, 0.25) is 0 Å². The monoisotopic (exact) mass is 325 g/mol. The molecule has 0 saturated carbocycles. The molecule has 0 N–H and O–H groups in total. The highest BCUT2D eigenvalue weighted by Gasteiger charge is 2.28. The lowest BCUT2D eigenvalue weighted by Crippen LogP contribution is -2.36. The van der Waals surface area contributed by atoms with Gasteiger partial charge >= 0.3 is 0 Å². The van der Waals surface area contributed by atoms with Crippen molar-refractivity contribution in [3.8, 4) is 0 Å². The Morgan fingerprint density at radius 3 is 3.04 bits per heavy atom. The van der Waals surface area contributed by atoms with Gasteiger partial charge in [-0.15, -0.1) is 11.3 Å². The molecule has 3 heteroatoms. The zero-order valence-electron chi connectivity index (χ0n) is 13.9. The molecule has 1 aliphatic carbocycles. The summed E-state index contributed by atoms with van der Waals surface area (Å²) in [5, 5.41) is 2.10. The van der Waals surface area contributed by atoms with Crippen molar-refractivity contribution < 1.29 is 4.79 Å². The number of benzene rings is 1. The van der Waals surface area contributed by atoms with E-state index in [4.69, 9.17) is 0 Å². The molecule has 2 heterocycles. The summed E-state index contributed by atoms with van der Waals surface area (Å²) in [4.78, 5) is 16.6. The van der Waals surface area contributed by atoms with Gasteiger partial charge in [-0.25, -0.2) is 0 Å². The van der Waals surface area contributed by atoms with E-state index < -0.39 is 0 Å². The molecule has 23 heavy (non-hydrogen) atoms. The topological polar surface area (TPSA) is 20.3 Å². The van der Waals surface area contributed by atoms with Gasteiger partial charge in [-0.1, -0.05) is 24.6 Å². The molecule has 0 saturated heterocycles. The number of nitrogens with zero attached hydrogens (tertiary/aromatic N) is 1. The van der Waals surface area contributed by atoms with Crippen molar-refractivity contribution in [3.05, 3.63) is 50.7 Å². The fourth-order valence-electron chi connectivity index (χ4n) is 3.94. The van der Waals surface area contributed by atoms with Crippen LogP contribution in [-0.2, 0) is 19.3 Å². The van der Waals surface area contributed by atoms with Gasteiger partial charge in [0, 0.05) is 22.5 Å². The number of thiophene rings is 1. The quantitative estimate of drug-likeness (QED) is 0.739. The van der Waals surface area contributed by atoms with Crippen molar-refractivity contribution in [1.29, 1.82) is 0 Å². The van der Waals surface area contributed by atoms with E-state index in [0.717, 1.165) is 49.4 Å². The van der Waals surface area contributed by atoms with Crippen LogP contribution in [0.25, 0.3) is 0 Å². The molecule has 1 aromatic heterocycles. The first kappa shape index (κ1) is 14.9. The number of aryl methyl sites for hydroxylation is 2. The molecule has 1 amide bonds. The largest absolute Gasteiger partial charge is 0.308 e. The predicted octanol–water partition coefficient (Wildman–Crippen LogP) is 4.77. The minimum Gasteiger partial charge on any atom is -0.308 e. The van der Waals surface area contributed by atoms with Crippen LogP contribution in [0.5, 0.6) is 0 Å². The van der Waals surface area contributed by atoms with Crippen LogP contribution in [0.1, 0.15) is 51.7 Å². The molecule has 0 radical (unpaired) electrons. The second-order valence-corrected chi connectivity index (χ2v) is 8.06. The number of anilines is 1. The van der Waals surface area contributed by atoms with E-state index in [1.807, 2.05) is 4.90 Å². The Kier molecular flexibility index (Phi) is 3.76. The van der Waals surface area contributed by atoms with E-state index in [1.165, 1.54) is 28.0 Å². The molecule has 120 valence electrons. The summed E-state index contributed by atoms with van der Waals surface area (Å²) < 4.78 is 0. The summed E-state index contributed by atoms with van der Waals surface area (Å²) in [6.07, 6.45) is 5.56. The maximum absolute atomic E-state index is 13.2. The highest BCUT2D eigenvalue weighted by molar-refractivity contribution is 7.10. The molecule has 1 aromatic carbocycles. The highest BCUT2D eigenvalue weighted by Crippen LogP contribution is 2.35. The molecule has 0 fully saturated rings. The third-order valence-electron chi connectivity index (χ3n) is 5.23. The second kappa shape index (κ2) is 5.79. The van der Waals surface area contributed by atoms with Crippen molar-refractivity contribution in [3.63, 3.8) is 0 Å². The maximum atomic E-state index is 13.2. The van der Waals surface area contributed by atoms with Crippen molar-refractivity contribution in [2.75, 3.05) is 11.4 Å². The number of hydrogen-bond acceptors (Lipinski definition) is 2. The zero-order chi connectivity index (χ0) is 16.0.